The van der Waals surface area contributed by atoms with Crippen molar-refractivity contribution in [3.05, 3.63) is 60.2 Å². The van der Waals surface area contributed by atoms with E-state index in [1.807, 2.05) is 0 Å². The molecule has 0 unspecified atom stereocenters. The van der Waals surface area contributed by atoms with Crippen molar-refractivity contribution < 1.29 is 0 Å². The van der Waals surface area contributed by atoms with Crippen LogP contribution in [0.1, 0.15) is 12.5 Å². The van der Waals surface area contributed by atoms with Gasteiger partial charge >= 0.3 is 0 Å². The van der Waals surface area contributed by atoms with Crippen LogP contribution in [0.25, 0.3) is 11.1 Å². The first-order chi connectivity index (χ1) is 6.92. The molecular weight excluding hydrogens is 196 g/mol. The molecule has 0 aliphatic rings. The quantitative estimate of drug-likeness (QED) is 0.674. The van der Waals surface area contributed by atoms with E-state index in [2.05, 4.69) is 61.5 Å². The molecule has 0 nitrogen and oxygen atoms in total. The van der Waals surface area contributed by atoms with Gasteiger partial charge in [0, 0.05) is 0 Å². The monoisotopic (exact) mass is 214 g/mol. The number of rotatable bonds is 2. The molecule has 0 spiro atoms. The Morgan fingerprint density at radius 2 is 1.40 bits per heavy atom. The molecule has 0 atom stereocenters. The topological polar surface area (TPSA) is 0 Å². The summed E-state index contributed by atoms with van der Waals surface area (Å²) in [5.74, 6) is 0. The van der Waals surface area contributed by atoms with Gasteiger partial charge < -0.3 is 0 Å². The smallest absolute Gasteiger partial charge is 0.0149 e. The molecule has 0 aliphatic heterocycles. The summed E-state index contributed by atoms with van der Waals surface area (Å²) in [4.78, 5) is 0. The number of aryl methyl sites for hydroxylation is 1. The van der Waals surface area contributed by atoms with E-state index in [-0.39, 0.29) is 11.0 Å². The lowest BCUT2D eigenvalue weighted by molar-refractivity contribution is 1.14. The molecule has 0 N–H and O–H groups in total. The second kappa shape index (κ2) is 5.52. The van der Waals surface area contributed by atoms with Crippen LogP contribution in [-0.4, -0.2) is 11.0 Å². The Morgan fingerprint density at radius 1 is 0.800 bits per heavy atom. The van der Waals surface area contributed by atoms with E-state index in [1.165, 1.54) is 16.7 Å². The van der Waals surface area contributed by atoms with Gasteiger partial charge in [-0.25, -0.2) is 0 Å². The molecular formula is C14H18Si. The van der Waals surface area contributed by atoms with E-state index in [0.717, 1.165) is 6.42 Å². The summed E-state index contributed by atoms with van der Waals surface area (Å²) in [5, 5.41) is 0. The lowest BCUT2D eigenvalue weighted by Gasteiger charge is -2.06. The fourth-order valence-corrected chi connectivity index (χ4v) is 1.73. The van der Waals surface area contributed by atoms with Crippen LogP contribution in [0.4, 0.5) is 0 Å². The van der Waals surface area contributed by atoms with Crippen LogP contribution in [0.5, 0.6) is 0 Å². The van der Waals surface area contributed by atoms with Crippen LogP contribution in [0.2, 0.25) is 0 Å². The van der Waals surface area contributed by atoms with Crippen LogP contribution in [0.3, 0.4) is 0 Å². The van der Waals surface area contributed by atoms with E-state index in [1.54, 1.807) is 0 Å². The highest BCUT2D eigenvalue weighted by Crippen LogP contribution is 2.23. The normalized spacial score (nSPS) is 9.40. The van der Waals surface area contributed by atoms with Gasteiger partial charge in [0.2, 0.25) is 0 Å². The largest absolute Gasteiger partial charge is 0.0622 e. The van der Waals surface area contributed by atoms with Crippen LogP contribution in [0.15, 0.2) is 54.6 Å². The summed E-state index contributed by atoms with van der Waals surface area (Å²) < 4.78 is 0. The Bertz CT molecular complexity index is 407. The average molecular weight is 214 g/mol. The Hall–Kier alpha value is -1.34. The zero-order valence-corrected chi connectivity index (χ0v) is 8.40. The minimum atomic E-state index is 0. The van der Waals surface area contributed by atoms with Gasteiger partial charge in [-0.3, -0.25) is 0 Å². The number of hydrogen-bond donors (Lipinski definition) is 0. The first-order valence-electron chi connectivity index (χ1n) is 5.05. The summed E-state index contributed by atoms with van der Waals surface area (Å²) in [6.07, 6.45) is 1.09. The Kier molecular flexibility index (Phi) is 4.31. The molecule has 0 aromatic heterocycles. The number of hydrogen-bond acceptors (Lipinski definition) is 0. The summed E-state index contributed by atoms with van der Waals surface area (Å²) in [6, 6.07) is 19.1. The van der Waals surface area contributed by atoms with Crippen molar-refractivity contribution in [2.45, 2.75) is 13.3 Å². The van der Waals surface area contributed by atoms with E-state index in [9.17, 15) is 0 Å². The van der Waals surface area contributed by atoms with Crippen molar-refractivity contribution in [2.24, 2.45) is 0 Å². The molecule has 0 fully saturated rings. The molecule has 2 rings (SSSR count). The molecule has 0 saturated heterocycles. The Balaban J connectivity index is 0.00000112. The first kappa shape index (κ1) is 11.7. The van der Waals surface area contributed by atoms with Crippen molar-refractivity contribution in [1.82, 2.24) is 0 Å². The molecule has 2 aromatic carbocycles. The highest BCUT2D eigenvalue weighted by molar-refractivity contribution is 5.75. The molecule has 0 bridgehead atoms. The molecule has 2 aromatic rings. The third-order valence-corrected chi connectivity index (χ3v) is 2.48. The molecule has 0 heterocycles. The van der Waals surface area contributed by atoms with Crippen molar-refractivity contribution in [1.29, 1.82) is 0 Å². The summed E-state index contributed by atoms with van der Waals surface area (Å²) >= 11 is 0. The third-order valence-electron chi connectivity index (χ3n) is 2.48. The Morgan fingerprint density at radius 3 is 2.07 bits per heavy atom. The van der Waals surface area contributed by atoms with Crippen molar-refractivity contribution >= 4 is 11.0 Å². The van der Waals surface area contributed by atoms with Crippen LogP contribution in [0, 0.1) is 0 Å². The van der Waals surface area contributed by atoms with Crippen LogP contribution >= 0.6 is 0 Å². The zero-order chi connectivity index (χ0) is 9.80. The van der Waals surface area contributed by atoms with E-state index >= 15 is 0 Å². The molecule has 0 radical (unpaired) electrons. The third kappa shape index (κ3) is 2.57. The van der Waals surface area contributed by atoms with Gasteiger partial charge in [-0.05, 0) is 34.1 Å². The maximum absolute atomic E-state index is 2.20. The van der Waals surface area contributed by atoms with Crippen molar-refractivity contribution in [3.8, 4) is 11.1 Å². The summed E-state index contributed by atoms with van der Waals surface area (Å²) in [7, 11) is 0. The maximum atomic E-state index is 2.20. The predicted octanol–water partition coefficient (Wildman–Crippen LogP) is 2.46. The summed E-state index contributed by atoms with van der Waals surface area (Å²) in [6.45, 7) is 2.20. The van der Waals surface area contributed by atoms with Gasteiger partial charge in [-0.15, -0.1) is 0 Å². The molecule has 15 heavy (non-hydrogen) atoms. The Labute approximate surface area is 96.0 Å². The molecule has 0 saturated carbocycles. The van der Waals surface area contributed by atoms with Gasteiger partial charge in [-0.2, -0.15) is 0 Å². The van der Waals surface area contributed by atoms with Crippen LogP contribution < -0.4 is 0 Å². The lowest BCUT2D eigenvalue weighted by Crippen LogP contribution is -1.85. The van der Waals surface area contributed by atoms with Crippen molar-refractivity contribution in [2.75, 3.05) is 0 Å². The molecule has 0 aliphatic carbocycles. The highest BCUT2D eigenvalue weighted by Gasteiger charge is 2.00. The molecule has 0 amide bonds. The van der Waals surface area contributed by atoms with Gasteiger partial charge in [0.25, 0.3) is 0 Å². The van der Waals surface area contributed by atoms with Crippen molar-refractivity contribution in [3.63, 3.8) is 0 Å². The van der Waals surface area contributed by atoms with E-state index < -0.39 is 0 Å². The van der Waals surface area contributed by atoms with Gasteiger partial charge in [0.05, 0.1) is 0 Å². The standard InChI is InChI=1S/C14H14.H4Si/c1-2-12-8-6-7-11-14(12)13-9-4-3-5-10-13;/h3-11H,2H2,1H3;1H4. The van der Waals surface area contributed by atoms with Gasteiger partial charge in [-0.1, -0.05) is 61.5 Å². The van der Waals surface area contributed by atoms with Crippen LogP contribution in [-0.2, 0) is 6.42 Å². The second-order valence-corrected chi connectivity index (χ2v) is 3.38. The fraction of sp³-hybridized carbons (Fsp3) is 0.143. The van der Waals surface area contributed by atoms with E-state index in [4.69, 9.17) is 0 Å². The van der Waals surface area contributed by atoms with E-state index in [0.29, 0.717) is 0 Å². The second-order valence-electron chi connectivity index (χ2n) is 3.38. The summed E-state index contributed by atoms with van der Waals surface area (Å²) in [5.41, 5.74) is 4.08. The SMILES string of the molecule is CCc1ccccc1-c1ccccc1.[SiH4]. The minimum absolute atomic E-state index is 0. The maximum Gasteiger partial charge on any atom is -0.0149 e. The van der Waals surface area contributed by atoms with Gasteiger partial charge in [0.1, 0.15) is 0 Å². The molecule has 1 heteroatoms. The number of benzene rings is 2. The van der Waals surface area contributed by atoms with Gasteiger partial charge in [0.15, 0.2) is 0 Å². The average Bonchev–Trinajstić information content (AvgIpc) is 2.30. The fourth-order valence-electron chi connectivity index (χ4n) is 1.73. The lowest BCUT2D eigenvalue weighted by atomic mass is 9.98. The minimum Gasteiger partial charge on any atom is -0.0622 e. The zero-order valence-electron chi connectivity index (χ0n) is 8.40. The highest BCUT2D eigenvalue weighted by atomic mass is 28.1. The predicted molar refractivity (Wildman–Crippen MR) is 72.6 cm³/mol. The first-order valence-corrected chi connectivity index (χ1v) is 5.05. The molecule has 78 valence electrons.